The minimum atomic E-state index is -0.188. The predicted octanol–water partition coefficient (Wildman–Crippen LogP) is 0.768. The van der Waals surface area contributed by atoms with Crippen LogP contribution in [0.25, 0.3) is 0 Å². The van der Waals surface area contributed by atoms with Crippen molar-refractivity contribution in [3.05, 3.63) is 11.4 Å². The number of H-pyrrole nitrogens is 1. The van der Waals surface area contributed by atoms with E-state index in [0.29, 0.717) is 24.0 Å². The molecule has 0 saturated carbocycles. The highest BCUT2D eigenvalue weighted by Gasteiger charge is 2.21. The van der Waals surface area contributed by atoms with Crippen molar-refractivity contribution in [1.29, 1.82) is 0 Å². The largest absolute Gasteiger partial charge is 0.395 e. The molecule has 0 bridgehead atoms. The molecule has 0 spiro atoms. The summed E-state index contributed by atoms with van der Waals surface area (Å²) in [5.41, 5.74) is 7.49. The minimum absolute atomic E-state index is 0.188. The van der Waals surface area contributed by atoms with Crippen LogP contribution in [0.4, 0.5) is 5.69 Å². The average molecular weight is 265 g/mol. The van der Waals surface area contributed by atoms with Crippen molar-refractivity contribution in [2.24, 2.45) is 0 Å². The van der Waals surface area contributed by atoms with E-state index >= 15 is 0 Å². The molecule has 1 fully saturated rings. The van der Waals surface area contributed by atoms with E-state index in [1.54, 1.807) is 0 Å². The number of rotatable bonds is 4. The van der Waals surface area contributed by atoms with E-state index in [9.17, 15) is 4.79 Å². The first-order chi connectivity index (χ1) is 9.13. The van der Waals surface area contributed by atoms with Crippen LogP contribution in [0, 0.1) is 0 Å². The fourth-order valence-corrected chi connectivity index (χ4v) is 2.53. The lowest BCUT2D eigenvalue weighted by molar-refractivity contribution is 0.0924. The van der Waals surface area contributed by atoms with Crippen LogP contribution in [0.2, 0.25) is 0 Å². The number of aromatic amines is 1. The summed E-state index contributed by atoms with van der Waals surface area (Å²) in [4.78, 5) is 14.4. The molecule has 0 radical (unpaired) electrons. The van der Waals surface area contributed by atoms with Crippen molar-refractivity contribution in [3.8, 4) is 0 Å². The smallest absolute Gasteiger partial charge is 0.273 e. The molecule has 0 aliphatic carbocycles. The molecule has 106 valence electrons. The second-order valence-electron chi connectivity index (χ2n) is 5.16. The lowest BCUT2D eigenvalue weighted by Crippen LogP contribution is -2.44. The molecule has 2 heterocycles. The summed E-state index contributed by atoms with van der Waals surface area (Å²) in [6.45, 7) is 3.73. The summed E-state index contributed by atoms with van der Waals surface area (Å²) in [6.07, 6.45) is 4.35. The number of nitrogen functional groups attached to an aromatic ring is 1. The molecule has 1 aromatic rings. The van der Waals surface area contributed by atoms with Crippen molar-refractivity contribution >= 4 is 11.6 Å². The first kappa shape index (κ1) is 13.9. The van der Waals surface area contributed by atoms with Crippen LogP contribution in [0.5, 0.6) is 0 Å². The van der Waals surface area contributed by atoms with Gasteiger partial charge in [0, 0.05) is 12.6 Å². The molecule has 1 atom stereocenters. The van der Waals surface area contributed by atoms with Crippen LogP contribution in [-0.2, 0) is 6.42 Å². The number of nitrogens with zero attached hydrogens (tertiary/aromatic N) is 2. The molecular weight excluding hydrogens is 242 g/mol. The van der Waals surface area contributed by atoms with Crippen LogP contribution in [0.15, 0.2) is 0 Å². The number of nitrogens with one attached hydrogen (secondary N) is 2. The van der Waals surface area contributed by atoms with Gasteiger partial charge in [-0.1, -0.05) is 13.3 Å². The van der Waals surface area contributed by atoms with E-state index in [1.807, 2.05) is 6.92 Å². The second-order valence-corrected chi connectivity index (χ2v) is 5.16. The summed E-state index contributed by atoms with van der Waals surface area (Å²) >= 11 is 0. The van der Waals surface area contributed by atoms with Crippen LogP contribution >= 0.6 is 0 Å². The van der Waals surface area contributed by atoms with Gasteiger partial charge in [0.15, 0.2) is 5.69 Å². The molecule has 1 aliphatic heterocycles. The third kappa shape index (κ3) is 3.07. The molecule has 1 aliphatic rings. The lowest BCUT2D eigenvalue weighted by Gasteiger charge is -2.32. The Labute approximate surface area is 113 Å². The minimum Gasteiger partial charge on any atom is -0.395 e. The molecule has 1 saturated heterocycles. The summed E-state index contributed by atoms with van der Waals surface area (Å²) in [5.74, 6) is -0.188. The van der Waals surface area contributed by atoms with Crippen molar-refractivity contribution in [1.82, 2.24) is 20.4 Å². The Morgan fingerprint density at radius 1 is 1.58 bits per heavy atom. The summed E-state index contributed by atoms with van der Waals surface area (Å²) < 4.78 is 0. The quantitative estimate of drug-likeness (QED) is 0.750. The summed E-state index contributed by atoms with van der Waals surface area (Å²) in [6, 6.07) is 0.420. The Kier molecular flexibility index (Phi) is 4.42. The lowest BCUT2D eigenvalue weighted by atomic mass is 10.0. The van der Waals surface area contributed by atoms with Crippen LogP contribution in [0.1, 0.15) is 42.4 Å². The van der Waals surface area contributed by atoms with Gasteiger partial charge in [-0.3, -0.25) is 9.89 Å². The number of aromatic nitrogens is 2. The number of amides is 1. The zero-order chi connectivity index (χ0) is 13.8. The molecule has 4 N–H and O–H groups in total. The van der Waals surface area contributed by atoms with Gasteiger partial charge in [0.2, 0.25) is 0 Å². The number of hydrogen-bond donors (Lipinski definition) is 3. The van der Waals surface area contributed by atoms with Gasteiger partial charge >= 0.3 is 0 Å². The zero-order valence-electron chi connectivity index (χ0n) is 11.7. The molecule has 6 heteroatoms. The van der Waals surface area contributed by atoms with Gasteiger partial charge in [-0.05, 0) is 32.9 Å². The van der Waals surface area contributed by atoms with Gasteiger partial charge in [-0.25, -0.2) is 0 Å². The molecule has 0 aromatic carbocycles. The van der Waals surface area contributed by atoms with Crippen LogP contribution in [-0.4, -0.2) is 47.2 Å². The fourth-order valence-electron chi connectivity index (χ4n) is 2.53. The van der Waals surface area contributed by atoms with Crippen LogP contribution < -0.4 is 11.1 Å². The molecular formula is C13H23N5O. The number of anilines is 1. The Morgan fingerprint density at radius 3 is 3.00 bits per heavy atom. The number of piperidine rings is 1. The SMILES string of the molecule is CCc1[nH]nc(C(=O)NCC2CCCCN2C)c1N. The average Bonchev–Trinajstić information content (AvgIpc) is 2.78. The predicted molar refractivity (Wildman–Crippen MR) is 75.0 cm³/mol. The third-order valence-electron chi connectivity index (χ3n) is 3.87. The van der Waals surface area contributed by atoms with Crippen molar-refractivity contribution < 1.29 is 4.79 Å². The van der Waals surface area contributed by atoms with Gasteiger partial charge in [-0.2, -0.15) is 5.10 Å². The molecule has 6 nitrogen and oxygen atoms in total. The maximum absolute atomic E-state index is 12.1. The highest BCUT2D eigenvalue weighted by Crippen LogP contribution is 2.16. The normalized spacial score (nSPS) is 20.4. The van der Waals surface area contributed by atoms with E-state index in [-0.39, 0.29) is 5.91 Å². The number of likely N-dealkylation sites (tertiary alicyclic amines) is 1. The van der Waals surface area contributed by atoms with Crippen molar-refractivity contribution in [2.75, 3.05) is 25.9 Å². The van der Waals surface area contributed by atoms with E-state index in [2.05, 4.69) is 27.5 Å². The van der Waals surface area contributed by atoms with Crippen LogP contribution in [0.3, 0.4) is 0 Å². The molecule has 1 unspecified atom stereocenters. The maximum atomic E-state index is 12.1. The number of nitrogens with two attached hydrogens (primary N) is 1. The Hall–Kier alpha value is -1.56. The standard InChI is InChI=1S/C13H23N5O/c1-3-10-11(14)12(17-16-10)13(19)15-8-9-6-4-5-7-18(9)2/h9H,3-8,14H2,1-2H3,(H,15,19)(H,16,17). The third-order valence-corrected chi connectivity index (χ3v) is 3.87. The fraction of sp³-hybridized carbons (Fsp3) is 0.692. The molecule has 1 aromatic heterocycles. The maximum Gasteiger partial charge on any atom is 0.273 e. The van der Waals surface area contributed by atoms with Crippen molar-refractivity contribution in [3.63, 3.8) is 0 Å². The van der Waals surface area contributed by atoms with Gasteiger partial charge in [0.25, 0.3) is 5.91 Å². The van der Waals surface area contributed by atoms with E-state index in [1.165, 1.54) is 12.8 Å². The van der Waals surface area contributed by atoms with E-state index in [0.717, 1.165) is 25.1 Å². The first-order valence-corrected chi connectivity index (χ1v) is 6.94. The Balaban J connectivity index is 1.91. The first-order valence-electron chi connectivity index (χ1n) is 6.94. The number of carbonyl (C=O) groups is 1. The topological polar surface area (TPSA) is 87.0 Å². The number of hydrogen-bond acceptors (Lipinski definition) is 4. The summed E-state index contributed by atoms with van der Waals surface area (Å²) in [7, 11) is 2.11. The Bertz CT molecular complexity index is 442. The summed E-state index contributed by atoms with van der Waals surface area (Å²) in [5, 5.41) is 9.73. The van der Waals surface area contributed by atoms with Gasteiger partial charge < -0.3 is 16.0 Å². The number of likely N-dealkylation sites (N-methyl/N-ethyl adjacent to an activating group) is 1. The second kappa shape index (κ2) is 6.06. The van der Waals surface area contributed by atoms with Gasteiger partial charge in [0.1, 0.15) is 0 Å². The van der Waals surface area contributed by atoms with Gasteiger partial charge in [-0.15, -0.1) is 0 Å². The molecule has 2 rings (SSSR count). The molecule has 19 heavy (non-hydrogen) atoms. The van der Waals surface area contributed by atoms with Gasteiger partial charge in [0.05, 0.1) is 11.4 Å². The van der Waals surface area contributed by atoms with E-state index in [4.69, 9.17) is 5.73 Å². The highest BCUT2D eigenvalue weighted by atomic mass is 16.2. The number of carbonyl (C=O) groups excluding carboxylic acids is 1. The highest BCUT2D eigenvalue weighted by molar-refractivity contribution is 5.97. The van der Waals surface area contributed by atoms with Crippen molar-refractivity contribution in [2.45, 2.75) is 38.6 Å². The zero-order valence-corrected chi connectivity index (χ0v) is 11.7. The van der Waals surface area contributed by atoms with E-state index < -0.39 is 0 Å². The Morgan fingerprint density at radius 2 is 2.37 bits per heavy atom. The number of aryl methyl sites for hydroxylation is 1. The molecule has 1 amide bonds. The monoisotopic (exact) mass is 265 g/mol.